The first-order valence-electron chi connectivity index (χ1n) is 5.45. The molecular weight excluding hydrogens is 206 g/mol. The molecule has 0 spiro atoms. The van der Waals surface area contributed by atoms with Gasteiger partial charge in [-0.3, -0.25) is 0 Å². The summed E-state index contributed by atoms with van der Waals surface area (Å²) in [7, 11) is -1.04. The first-order valence-corrected chi connectivity index (χ1v) is 9.43. The van der Waals surface area contributed by atoms with Crippen molar-refractivity contribution in [2.24, 2.45) is 5.41 Å². The molecule has 1 aliphatic rings. The molecule has 1 saturated heterocycles. The minimum Gasteiger partial charge on any atom is -0.366 e. The molecule has 0 aromatic heterocycles. The van der Waals surface area contributed by atoms with Crippen LogP contribution in [0, 0.1) is 5.41 Å². The molecule has 82 valence electrons. The zero-order valence-electron chi connectivity index (χ0n) is 10.3. The number of hydrogen-bond acceptors (Lipinski definition) is 1. The first-order chi connectivity index (χ1) is 6.14. The average Bonchev–Trinajstić information content (AvgIpc) is 1.77. The molecule has 1 fully saturated rings. The summed E-state index contributed by atoms with van der Waals surface area (Å²) in [5.41, 5.74) is 0.947. The maximum Gasteiger partial charge on any atom is 0.0833 e. The summed E-state index contributed by atoms with van der Waals surface area (Å²) in [5, 5.41) is 0. The van der Waals surface area contributed by atoms with Crippen LogP contribution in [0.4, 0.5) is 0 Å². The molecule has 0 aromatic carbocycles. The van der Waals surface area contributed by atoms with Gasteiger partial charge in [-0.2, -0.15) is 0 Å². The highest BCUT2D eigenvalue weighted by molar-refractivity contribution is 7.80. The lowest BCUT2D eigenvalue weighted by molar-refractivity contribution is 0.233. The third-order valence-electron chi connectivity index (χ3n) is 2.92. The van der Waals surface area contributed by atoms with Gasteiger partial charge in [0.2, 0.25) is 0 Å². The standard InChI is InChI=1S/C11H23NSSi/c1-11(2,3)10(13)12-8-7-9(12)14(4,5)6/h9H,7-8H2,1-6H3. The molecular formula is C11H23NSSi. The van der Waals surface area contributed by atoms with Gasteiger partial charge in [0.25, 0.3) is 0 Å². The number of thiocarbonyl (C=S) groups is 1. The second-order valence-electron chi connectivity index (χ2n) is 6.42. The van der Waals surface area contributed by atoms with Crippen molar-refractivity contribution in [1.29, 1.82) is 0 Å². The third kappa shape index (κ3) is 2.37. The normalized spacial score (nSPS) is 23.3. The van der Waals surface area contributed by atoms with Crippen molar-refractivity contribution in [2.45, 2.75) is 52.5 Å². The van der Waals surface area contributed by atoms with E-state index in [1.54, 1.807) is 0 Å². The van der Waals surface area contributed by atoms with Crippen LogP contribution in [0.2, 0.25) is 19.6 Å². The van der Waals surface area contributed by atoms with Gasteiger partial charge in [-0.1, -0.05) is 52.6 Å². The highest BCUT2D eigenvalue weighted by Gasteiger charge is 2.41. The first kappa shape index (κ1) is 12.2. The summed E-state index contributed by atoms with van der Waals surface area (Å²) in [6, 6.07) is 0. The molecule has 0 radical (unpaired) electrons. The molecule has 1 rings (SSSR count). The smallest absolute Gasteiger partial charge is 0.0833 e. The molecule has 1 aliphatic heterocycles. The van der Waals surface area contributed by atoms with Crippen molar-refractivity contribution in [3.63, 3.8) is 0 Å². The van der Waals surface area contributed by atoms with E-state index in [-0.39, 0.29) is 5.41 Å². The van der Waals surface area contributed by atoms with Crippen molar-refractivity contribution in [2.75, 3.05) is 6.54 Å². The lowest BCUT2D eigenvalue weighted by Crippen LogP contribution is -2.63. The summed E-state index contributed by atoms with van der Waals surface area (Å²) in [6.45, 7) is 15.2. The van der Waals surface area contributed by atoms with E-state index in [4.69, 9.17) is 12.2 Å². The van der Waals surface area contributed by atoms with E-state index >= 15 is 0 Å². The SMILES string of the molecule is CC(C)(C)C(=S)N1CCC1[Si](C)(C)C. The molecule has 0 N–H and O–H groups in total. The minimum absolute atomic E-state index is 0.160. The summed E-state index contributed by atoms with van der Waals surface area (Å²) in [5.74, 6) is 0. The van der Waals surface area contributed by atoms with Crippen molar-refractivity contribution >= 4 is 25.3 Å². The van der Waals surface area contributed by atoms with Crippen LogP contribution in [0.15, 0.2) is 0 Å². The predicted octanol–water partition coefficient (Wildman–Crippen LogP) is 3.31. The van der Waals surface area contributed by atoms with E-state index in [0.717, 1.165) is 10.7 Å². The van der Waals surface area contributed by atoms with Crippen molar-refractivity contribution in [3.05, 3.63) is 0 Å². The summed E-state index contributed by atoms with van der Waals surface area (Å²) >= 11 is 5.56. The zero-order chi connectivity index (χ0) is 11.1. The maximum absolute atomic E-state index is 5.56. The molecule has 3 heteroatoms. The summed E-state index contributed by atoms with van der Waals surface area (Å²) in [6.07, 6.45) is 1.35. The minimum atomic E-state index is -1.04. The Bertz CT molecular complexity index is 237. The van der Waals surface area contributed by atoms with Crippen LogP contribution >= 0.6 is 12.2 Å². The monoisotopic (exact) mass is 229 g/mol. The Balaban J connectivity index is 2.69. The van der Waals surface area contributed by atoms with Gasteiger partial charge in [-0.25, -0.2) is 0 Å². The zero-order valence-corrected chi connectivity index (χ0v) is 12.2. The lowest BCUT2D eigenvalue weighted by atomic mass is 9.94. The fourth-order valence-electron chi connectivity index (χ4n) is 1.96. The van der Waals surface area contributed by atoms with Gasteiger partial charge in [0.1, 0.15) is 0 Å². The van der Waals surface area contributed by atoms with Gasteiger partial charge in [0, 0.05) is 17.6 Å². The van der Waals surface area contributed by atoms with Gasteiger partial charge in [-0.05, 0) is 6.42 Å². The van der Waals surface area contributed by atoms with Crippen LogP contribution in [0.25, 0.3) is 0 Å². The Morgan fingerprint density at radius 1 is 1.29 bits per heavy atom. The lowest BCUT2D eigenvalue weighted by Gasteiger charge is -2.51. The Morgan fingerprint density at radius 2 is 1.79 bits per heavy atom. The van der Waals surface area contributed by atoms with E-state index in [9.17, 15) is 0 Å². The van der Waals surface area contributed by atoms with E-state index < -0.39 is 8.07 Å². The molecule has 0 aliphatic carbocycles. The van der Waals surface area contributed by atoms with Crippen molar-refractivity contribution in [1.82, 2.24) is 4.90 Å². The molecule has 0 aromatic rings. The maximum atomic E-state index is 5.56. The number of nitrogens with zero attached hydrogens (tertiary/aromatic N) is 1. The highest BCUT2D eigenvalue weighted by Crippen LogP contribution is 2.32. The number of rotatable bonds is 1. The highest BCUT2D eigenvalue weighted by atomic mass is 32.1. The number of hydrogen-bond donors (Lipinski definition) is 0. The van der Waals surface area contributed by atoms with Crippen LogP contribution < -0.4 is 0 Å². The molecule has 1 atom stereocenters. The van der Waals surface area contributed by atoms with Gasteiger partial charge in [-0.15, -0.1) is 0 Å². The fourth-order valence-corrected chi connectivity index (χ4v) is 4.46. The summed E-state index contributed by atoms with van der Waals surface area (Å²) < 4.78 is 0. The predicted molar refractivity (Wildman–Crippen MR) is 70.5 cm³/mol. The van der Waals surface area contributed by atoms with E-state index in [1.165, 1.54) is 13.0 Å². The molecule has 1 nitrogen and oxygen atoms in total. The van der Waals surface area contributed by atoms with Gasteiger partial charge < -0.3 is 4.90 Å². The van der Waals surface area contributed by atoms with Gasteiger partial charge >= 0.3 is 0 Å². The average molecular weight is 229 g/mol. The molecule has 0 saturated carbocycles. The van der Waals surface area contributed by atoms with E-state index in [0.29, 0.717) is 0 Å². The van der Waals surface area contributed by atoms with E-state index in [2.05, 4.69) is 45.3 Å². The Labute approximate surface area is 94.9 Å². The van der Waals surface area contributed by atoms with Crippen LogP contribution in [-0.4, -0.2) is 30.2 Å². The van der Waals surface area contributed by atoms with Gasteiger partial charge in [0.05, 0.1) is 13.1 Å². The molecule has 1 unspecified atom stereocenters. The second kappa shape index (κ2) is 3.60. The Kier molecular flexibility index (Phi) is 3.13. The van der Waals surface area contributed by atoms with Crippen LogP contribution in [-0.2, 0) is 0 Å². The number of likely N-dealkylation sites (tertiary alicyclic amines) is 1. The van der Waals surface area contributed by atoms with Crippen LogP contribution in [0.3, 0.4) is 0 Å². The molecule has 0 bridgehead atoms. The van der Waals surface area contributed by atoms with Gasteiger partial charge in [0.15, 0.2) is 0 Å². The molecule has 14 heavy (non-hydrogen) atoms. The van der Waals surface area contributed by atoms with Crippen molar-refractivity contribution < 1.29 is 0 Å². The van der Waals surface area contributed by atoms with E-state index in [1.807, 2.05) is 0 Å². The second-order valence-corrected chi connectivity index (χ2v) is 12.2. The Hall–Kier alpha value is 0.107. The molecule has 1 heterocycles. The van der Waals surface area contributed by atoms with Crippen LogP contribution in [0.5, 0.6) is 0 Å². The van der Waals surface area contributed by atoms with Crippen molar-refractivity contribution in [3.8, 4) is 0 Å². The van der Waals surface area contributed by atoms with Crippen LogP contribution in [0.1, 0.15) is 27.2 Å². The fraction of sp³-hybridized carbons (Fsp3) is 0.909. The third-order valence-corrected chi connectivity index (χ3v) is 6.37. The Morgan fingerprint density at radius 3 is 2.00 bits per heavy atom. The molecule has 0 amide bonds. The summed E-state index contributed by atoms with van der Waals surface area (Å²) in [4.78, 5) is 3.64. The largest absolute Gasteiger partial charge is 0.366 e. The quantitative estimate of drug-likeness (QED) is 0.501. The topological polar surface area (TPSA) is 3.24 Å².